The van der Waals surface area contributed by atoms with Crippen LogP contribution in [0.3, 0.4) is 0 Å². The number of allylic oxidation sites excluding steroid dienone is 2. The van der Waals surface area contributed by atoms with Crippen molar-refractivity contribution in [2.75, 3.05) is 6.54 Å². The van der Waals surface area contributed by atoms with Gasteiger partial charge >= 0.3 is 5.97 Å². The average molecular weight is 291 g/mol. The number of fused-ring (bicyclic) bond motifs is 2. The van der Waals surface area contributed by atoms with E-state index in [0.717, 1.165) is 32.2 Å². The highest BCUT2D eigenvalue weighted by Crippen LogP contribution is 2.49. The molecule has 0 saturated heterocycles. The van der Waals surface area contributed by atoms with Gasteiger partial charge in [-0.1, -0.05) is 26.0 Å². The van der Waals surface area contributed by atoms with Crippen LogP contribution in [0.4, 0.5) is 0 Å². The Morgan fingerprint density at radius 3 is 2.33 bits per heavy atom. The highest BCUT2D eigenvalue weighted by Gasteiger charge is 2.53. The molecule has 2 fully saturated rings. The normalized spacial score (nSPS) is 33.7. The molecule has 4 heteroatoms. The van der Waals surface area contributed by atoms with Crippen molar-refractivity contribution in [3.63, 3.8) is 0 Å². The van der Waals surface area contributed by atoms with E-state index >= 15 is 0 Å². The molecular weight excluding hydrogens is 266 g/mol. The van der Waals surface area contributed by atoms with Crippen LogP contribution in [0.15, 0.2) is 12.2 Å². The maximum absolute atomic E-state index is 13.0. The molecule has 1 N–H and O–H groups in total. The van der Waals surface area contributed by atoms with Crippen LogP contribution in [0.2, 0.25) is 0 Å². The Labute approximate surface area is 126 Å². The number of carboxylic acids is 1. The van der Waals surface area contributed by atoms with E-state index in [1.54, 1.807) is 0 Å². The maximum atomic E-state index is 13.0. The second kappa shape index (κ2) is 5.47. The lowest BCUT2D eigenvalue weighted by Crippen LogP contribution is -2.44. The number of hydrogen-bond donors (Lipinski definition) is 1. The molecule has 0 aliphatic heterocycles. The Hall–Kier alpha value is -1.32. The minimum Gasteiger partial charge on any atom is -0.481 e. The number of aliphatic carboxylic acids is 1. The zero-order valence-corrected chi connectivity index (χ0v) is 12.9. The zero-order chi connectivity index (χ0) is 15.1. The quantitative estimate of drug-likeness (QED) is 0.765. The van der Waals surface area contributed by atoms with Gasteiger partial charge in [0.2, 0.25) is 5.91 Å². The maximum Gasteiger partial charge on any atom is 0.307 e. The fourth-order valence-electron chi connectivity index (χ4n) is 3.94. The number of rotatable bonds is 6. The van der Waals surface area contributed by atoms with Gasteiger partial charge in [-0.05, 0) is 43.4 Å². The molecule has 21 heavy (non-hydrogen) atoms. The van der Waals surface area contributed by atoms with Gasteiger partial charge in [0.05, 0.1) is 11.8 Å². The molecule has 1 amide bonds. The van der Waals surface area contributed by atoms with Crippen molar-refractivity contribution in [1.82, 2.24) is 4.90 Å². The molecule has 4 atom stereocenters. The van der Waals surface area contributed by atoms with Crippen LogP contribution in [0.25, 0.3) is 0 Å². The minimum atomic E-state index is -0.801. The lowest BCUT2D eigenvalue weighted by molar-refractivity contribution is -0.151. The van der Waals surface area contributed by atoms with Crippen LogP contribution >= 0.6 is 0 Å². The summed E-state index contributed by atoms with van der Waals surface area (Å²) in [6.07, 6.45) is 8.08. The second-order valence-corrected chi connectivity index (χ2v) is 7.28. The first kappa shape index (κ1) is 14.6. The Kier molecular flexibility index (Phi) is 3.80. The molecule has 3 aliphatic rings. The summed E-state index contributed by atoms with van der Waals surface area (Å²) in [5.74, 6) is -0.768. The van der Waals surface area contributed by atoms with Gasteiger partial charge in [-0.2, -0.15) is 0 Å². The molecule has 4 unspecified atom stereocenters. The summed E-state index contributed by atoms with van der Waals surface area (Å²) in [7, 11) is 0. The Bertz CT molecular complexity index is 467. The third kappa shape index (κ3) is 2.72. The van der Waals surface area contributed by atoms with Crippen LogP contribution in [0.1, 0.15) is 39.5 Å². The summed E-state index contributed by atoms with van der Waals surface area (Å²) < 4.78 is 0. The molecule has 0 aromatic rings. The standard InChI is InChI=1S/C17H25NO3/c1-10(2)7-8-18(13-5-6-13)16(19)14-11-3-4-12(9-11)15(14)17(20)21/h3-4,10-15H,5-9H2,1-2H3,(H,20,21). The van der Waals surface area contributed by atoms with Gasteiger partial charge in [0.25, 0.3) is 0 Å². The Balaban J connectivity index is 1.75. The molecule has 3 rings (SSSR count). The highest BCUT2D eigenvalue weighted by molar-refractivity contribution is 5.87. The van der Waals surface area contributed by atoms with Crippen molar-refractivity contribution in [3.8, 4) is 0 Å². The van der Waals surface area contributed by atoms with Crippen molar-refractivity contribution in [1.29, 1.82) is 0 Å². The molecule has 0 spiro atoms. The number of carbonyl (C=O) groups excluding carboxylic acids is 1. The predicted molar refractivity (Wildman–Crippen MR) is 79.5 cm³/mol. The van der Waals surface area contributed by atoms with E-state index in [4.69, 9.17) is 0 Å². The SMILES string of the molecule is CC(C)CCN(C(=O)C1C2C=CC(C2)C1C(=O)O)C1CC1. The molecule has 2 saturated carbocycles. The van der Waals surface area contributed by atoms with E-state index < -0.39 is 11.9 Å². The first-order chi connectivity index (χ1) is 9.99. The fraction of sp³-hybridized carbons (Fsp3) is 0.765. The van der Waals surface area contributed by atoms with Gasteiger partial charge in [0.15, 0.2) is 0 Å². The molecule has 4 nitrogen and oxygen atoms in total. The van der Waals surface area contributed by atoms with Gasteiger partial charge in [-0.15, -0.1) is 0 Å². The van der Waals surface area contributed by atoms with Crippen molar-refractivity contribution in [2.45, 2.75) is 45.6 Å². The lowest BCUT2D eigenvalue weighted by Gasteiger charge is -2.31. The summed E-state index contributed by atoms with van der Waals surface area (Å²) in [5, 5.41) is 9.50. The smallest absolute Gasteiger partial charge is 0.307 e. The van der Waals surface area contributed by atoms with E-state index in [1.807, 2.05) is 11.0 Å². The van der Waals surface area contributed by atoms with Crippen LogP contribution in [-0.4, -0.2) is 34.5 Å². The van der Waals surface area contributed by atoms with Gasteiger partial charge in [0.1, 0.15) is 0 Å². The van der Waals surface area contributed by atoms with Crippen molar-refractivity contribution >= 4 is 11.9 Å². The third-order valence-corrected chi connectivity index (χ3v) is 5.25. The fourth-order valence-corrected chi connectivity index (χ4v) is 3.94. The lowest BCUT2D eigenvalue weighted by atomic mass is 9.82. The summed E-state index contributed by atoms with van der Waals surface area (Å²) >= 11 is 0. The van der Waals surface area contributed by atoms with E-state index in [9.17, 15) is 14.7 Å². The van der Waals surface area contributed by atoms with Crippen LogP contribution in [0.5, 0.6) is 0 Å². The molecule has 0 aromatic heterocycles. The monoisotopic (exact) mass is 291 g/mol. The van der Waals surface area contributed by atoms with Gasteiger partial charge in [-0.3, -0.25) is 9.59 Å². The molecule has 0 radical (unpaired) electrons. The summed E-state index contributed by atoms with van der Waals surface area (Å²) in [6, 6.07) is 0.369. The van der Waals surface area contributed by atoms with E-state index in [0.29, 0.717) is 12.0 Å². The number of hydrogen-bond acceptors (Lipinski definition) is 2. The van der Waals surface area contributed by atoms with E-state index in [2.05, 4.69) is 19.9 Å². The molecule has 116 valence electrons. The van der Waals surface area contributed by atoms with Crippen molar-refractivity contribution in [3.05, 3.63) is 12.2 Å². The zero-order valence-electron chi connectivity index (χ0n) is 12.9. The molecular formula is C17H25NO3. The second-order valence-electron chi connectivity index (χ2n) is 7.28. The summed E-state index contributed by atoms with van der Waals surface area (Å²) in [6.45, 7) is 5.11. The summed E-state index contributed by atoms with van der Waals surface area (Å²) in [4.78, 5) is 26.5. The number of carbonyl (C=O) groups is 2. The third-order valence-electron chi connectivity index (χ3n) is 5.25. The summed E-state index contributed by atoms with van der Waals surface area (Å²) in [5.41, 5.74) is 0. The molecule has 3 aliphatic carbocycles. The Morgan fingerprint density at radius 1 is 1.19 bits per heavy atom. The Morgan fingerprint density at radius 2 is 1.81 bits per heavy atom. The van der Waals surface area contributed by atoms with Crippen LogP contribution in [-0.2, 0) is 9.59 Å². The number of carboxylic acid groups (broad SMARTS) is 1. The van der Waals surface area contributed by atoms with Gasteiger partial charge in [-0.25, -0.2) is 0 Å². The average Bonchev–Trinajstić information content (AvgIpc) is 3.04. The highest BCUT2D eigenvalue weighted by atomic mass is 16.4. The van der Waals surface area contributed by atoms with Crippen molar-refractivity contribution < 1.29 is 14.7 Å². The van der Waals surface area contributed by atoms with E-state index in [-0.39, 0.29) is 23.7 Å². The van der Waals surface area contributed by atoms with Crippen molar-refractivity contribution in [2.24, 2.45) is 29.6 Å². The van der Waals surface area contributed by atoms with Crippen LogP contribution < -0.4 is 0 Å². The molecule has 0 aromatic carbocycles. The van der Waals surface area contributed by atoms with Gasteiger partial charge in [0, 0.05) is 12.6 Å². The minimum absolute atomic E-state index is 0.0626. The number of amides is 1. The number of nitrogens with zero attached hydrogens (tertiary/aromatic N) is 1. The first-order valence-corrected chi connectivity index (χ1v) is 8.20. The van der Waals surface area contributed by atoms with E-state index in [1.165, 1.54) is 0 Å². The van der Waals surface area contributed by atoms with Crippen LogP contribution in [0, 0.1) is 29.6 Å². The predicted octanol–water partition coefficient (Wildman–Crippen LogP) is 2.55. The van der Waals surface area contributed by atoms with Gasteiger partial charge < -0.3 is 10.0 Å². The molecule has 2 bridgehead atoms. The molecule has 0 heterocycles. The largest absolute Gasteiger partial charge is 0.481 e. The first-order valence-electron chi connectivity index (χ1n) is 8.20. The topological polar surface area (TPSA) is 57.6 Å².